The average molecular weight is 385 g/mol. The molecule has 2 saturated carbocycles. The number of aliphatic hydroxyl groups is 2. The number of rotatable bonds is 4. The predicted molar refractivity (Wildman–Crippen MR) is 114 cm³/mol. The summed E-state index contributed by atoms with van der Waals surface area (Å²) in [6, 6.07) is 0. The molecule has 0 radical (unpaired) electrons. The molecule has 0 amide bonds. The summed E-state index contributed by atoms with van der Waals surface area (Å²) in [6.07, 6.45) is 4.97. The van der Waals surface area contributed by atoms with E-state index in [0.29, 0.717) is 34.2 Å². The van der Waals surface area contributed by atoms with Crippen molar-refractivity contribution in [3.05, 3.63) is 0 Å². The molecule has 0 aromatic carbocycles. The summed E-state index contributed by atoms with van der Waals surface area (Å²) in [5.41, 5.74) is 0.375. The highest BCUT2D eigenvalue weighted by Gasteiger charge is 2.45. The van der Waals surface area contributed by atoms with Crippen LogP contribution in [0.4, 0.5) is 0 Å². The summed E-state index contributed by atoms with van der Waals surface area (Å²) in [7, 11) is 0. The number of hydrogen-bond acceptors (Lipinski definition) is 3. The first-order valence-corrected chi connectivity index (χ1v) is 11.8. The molecule has 0 heterocycles. The summed E-state index contributed by atoms with van der Waals surface area (Å²) in [6.45, 7) is 18.4. The molecule has 2 fully saturated rings. The van der Waals surface area contributed by atoms with Gasteiger partial charge in [-0.2, -0.15) is 11.8 Å². The zero-order valence-corrected chi connectivity index (χ0v) is 19.3. The lowest BCUT2D eigenvalue weighted by molar-refractivity contribution is -0.0127. The van der Waals surface area contributed by atoms with Crippen LogP contribution in [-0.2, 0) is 0 Å². The molecule has 3 heteroatoms. The van der Waals surface area contributed by atoms with E-state index in [9.17, 15) is 10.2 Å². The third-order valence-electron chi connectivity index (χ3n) is 7.77. The number of aliphatic hydroxyl groups excluding tert-OH is 2. The van der Waals surface area contributed by atoms with E-state index in [1.807, 2.05) is 0 Å². The van der Waals surface area contributed by atoms with Gasteiger partial charge in [0.05, 0.1) is 12.2 Å². The number of thioether (sulfide) groups is 1. The third-order valence-corrected chi connectivity index (χ3v) is 9.79. The van der Waals surface area contributed by atoms with E-state index in [1.54, 1.807) is 0 Å². The van der Waals surface area contributed by atoms with E-state index in [1.165, 1.54) is 0 Å². The van der Waals surface area contributed by atoms with Crippen molar-refractivity contribution < 1.29 is 10.2 Å². The Labute approximate surface area is 166 Å². The molecular formula is C23H44O2S. The predicted octanol–water partition coefficient (Wildman–Crippen LogP) is 5.75. The van der Waals surface area contributed by atoms with Crippen molar-refractivity contribution >= 4 is 11.8 Å². The lowest BCUT2D eigenvalue weighted by atomic mass is 9.66. The molecule has 0 saturated heterocycles. The first-order chi connectivity index (χ1) is 11.9. The van der Waals surface area contributed by atoms with Crippen molar-refractivity contribution in [2.24, 2.45) is 34.5 Å². The van der Waals surface area contributed by atoms with Crippen LogP contribution in [0.5, 0.6) is 0 Å². The topological polar surface area (TPSA) is 40.5 Å². The van der Waals surface area contributed by atoms with E-state index in [-0.39, 0.29) is 23.0 Å². The lowest BCUT2D eigenvalue weighted by Crippen LogP contribution is -2.46. The molecular weight excluding hydrogens is 340 g/mol. The fraction of sp³-hybridized carbons (Fsp3) is 1.00. The maximum Gasteiger partial charge on any atom is 0.0576 e. The minimum Gasteiger partial charge on any atom is -0.393 e. The normalized spacial score (nSPS) is 42.7. The highest BCUT2D eigenvalue weighted by atomic mass is 32.2. The van der Waals surface area contributed by atoms with Crippen LogP contribution in [0.25, 0.3) is 0 Å². The maximum atomic E-state index is 10.7. The number of hydrogen-bond donors (Lipinski definition) is 2. The van der Waals surface area contributed by atoms with Gasteiger partial charge in [0, 0.05) is 10.5 Å². The highest BCUT2D eigenvalue weighted by molar-refractivity contribution is 8.00. The molecule has 2 aliphatic rings. The molecule has 0 aliphatic heterocycles. The Morgan fingerprint density at radius 2 is 1.19 bits per heavy atom. The molecule has 26 heavy (non-hydrogen) atoms. The van der Waals surface area contributed by atoms with Crippen LogP contribution in [0.1, 0.15) is 87.5 Å². The fourth-order valence-corrected chi connectivity index (χ4v) is 7.15. The van der Waals surface area contributed by atoms with Gasteiger partial charge in [-0.25, -0.2) is 0 Å². The first kappa shape index (κ1) is 22.6. The quantitative estimate of drug-likeness (QED) is 0.648. The van der Waals surface area contributed by atoms with Crippen molar-refractivity contribution in [2.45, 2.75) is 110 Å². The van der Waals surface area contributed by atoms with Crippen LogP contribution in [-0.4, -0.2) is 32.9 Å². The van der Waals surface area contributed by atoms with Gasteiger partial charge < -0.3 is 10.2 Å². The van der Waals surface area contributed by atoms with Crippen LogP contribution in [0.3, 0.4) is 0 Å². The van der Waals surface area contributed by atoms with E-state index < -0.39 is 0 Å². The van der Waals surface area contributed by atoms with Crippen LogP contribution < -0.4 is 0 Å². The molecule has 2 N–H and O–H groups in total. The van der Waals surface area contributed by atoms with Gasteiger partial charge >= 0.3 is 0 Å². The maximum absolute atomic E-state index is 10.7. The smallest absolute Gasteiger partial charge is 0.0576 e. The van der Waals surface area contributed by atoms with Gasteiger partial charge in [-0.1, -0.05) is 61.8 Å². The summed E-state index contributed by atoms with van der Waals surface area (Å²) in [5.74, 6) is 1.95. The van der Waals surface area contributed by atoms with Crippen molar-refractivity contribution in [3.8, 4) is 0 Å². The van der Waals surface area contributed by atoms with E-state index in [0.717, 1.165) is 32.1 Å². The van der Waals surface area contributed by atoms with Crippen molar-refractivity contribution in [1.29, 1.82) is 0 Å². The largest absolute Gasteiger partial charge is 0.393 e. The van der Waals surface area contributed by atoms with Crippen LogP contribution >= 0.6 is 11.8 Å². The zero-order valence-electron chi connectivity index (χ0n) is 18.5. The molecule has 0 spiro atoms. The monoisotopic (exact) mass is 384 g/mol. The second-order valence-electron chi connectivity index (χ2n) is 11.2. The average Bonchev–Trinajstić information content (AvgIpc) is 2.50. The minimum atomic E-state index is -0.153. The van der Waals surface area contributed by atoms with Gasteiger partial charge in [0.15, 0.2) is 0 Å². The SMILES string of the molecule is CCC(C)(C)C1CC(SC2CC(C(C)(C)C)C(O)CC2C)C(C)CC1O. The van der Waals surface area contributed by atoms with Crippen molar-refractivity contribution in [1.82, 2.24) is 0 Å². The molecule has 2 nitrogen and oxygen atoms in total. The van der Waals surface area contributed by atoms with Crippen LogP contribution in [0, 0.1) is 34.5 Å². The summed E-state index contributed by atoms with van der Waals surface area (Å²) >= 11 is 2.19. The zero-order chi connectivity index (χ0) is 19.9. The van der Waals surface area contributed by atoms with E-state index in [4.69, 9.17) is 0 Å². The molecule has 2 rings (SSSR count). The highest BCUT2D eigenvalue weighted by Crippen LogP contribution is 2.50. The summed E-state index contributed by atoms with van der Waals surface area (Å²) in [5, 5.41) is 22.6. The standard InChI is InChI=1S/C23H44O2S/c1-9-23(7,8)17-13-21(15(3)11-19(17)25)26-20-12-16(22(4,5)6)18(24)10-14(20)2/h14-21,24-25H,9-13H2,1-8H3. The second-order valence-corrected chi connectivity index (χ2v) is 12.6. The molecule has 8 atom stereocenters. The van der Waals surface area contributed by atoms with Crippen LogP contribution in [0.15, 0.2) is 0 Å². The lowest BCUT2D eigenvalue weighted by Gasteiger charge is -2.48. The van der Waals surface area contributed by atoms with Crippen molar-refractivity contribution in [3.63, 3.8) is 0 Å². The van der Waals surface area contributed by atoms with Gasteiger partial charge in [-0.3, -0.25) is 0 Å². The Hall–Kier alpha value is 0.270. The Morgan fingerprint density at radius 1 is 0.769 bits per heavy atom. The van der Waals surface area contributed by atoms with E-state index >= 15 is 0 Å². The first-order valence-electron chi connectivity index (χ1n) is 10.9. The second kappa shape index (κ2) is 8.33. The minimum absolute atomic E-state index is 0.148. The summed E-state index contributed by atoms with van der Waals surface area (Å²) in [4.78, 5) is 0. The molecule has 0 bridgehead atoms. The molecule has 154 valence electrons. The molecule has 0 aromatic rings. The van der Waals surface area contributed by atoms with Gasteiger partial charge in [0.2, 0.25) is 0 Å². The Kier molecular flexibility index (Phi) is 7.23. The van der Waals surface area contributed by atoms with Crippen LogP contribution in [0.2, 0.25) is 0 Å². The molecule has 8 unspecified atom stereocenters. The van der Waals surface area contributed by atoms with Gasteiger partial charge in [0.1, 0.15) is 0 Å². The van der Waals surface area contributed by atoms with Gasteiger partial charge in [-0.15, -0.1) is 0 Å². The Balaban J connectivity index is 2.10. The van der Waals surface area contributed by atoms with Crippen molar-refractivity contribution in [2.75, 3.05) is 0 Å². The molecule has 2 aliphatic carbocycles. The Bertz CT molecular complexity index is 456. The van der Waals surface area contributed by atoms with Gasteiger partial charge in [0.25, 0.3) is 0 Å². The fourth-order valence-electron chi connectivity index (χ4n) is 5.31. The molecule has 0 aromatic heterocycles. The Morgan fingerprint density at radius 3 is 1.62 bits per heavy atom. The van der Waals surface area contributed by atoms with E-state index in [2.05, 4.69) is 67.2 Å². The van der Waals surface area contributed by atoms with Gasteiger partial charge in [-0.05, 0) is 60.2 Å². The third kappa shape index (κ3) is 5.00. The summed E-state index contributed by atoms with van der Waals surface area (Å²) < 4.78 is 0.